The maximum absolute atomic E-state index is 12.8. The first-order chi connectivity index (χ1) is 15.4. The molecule has 8 fully saturated rings. The van der Waals surface area contributed by atoms with Gasteiger partial charge in [0.25, 0.3) is 5.91 Å². The van der Waals surface area contributed by atoms with E-state index < -0.39 is 5.60 Å². The van der Waals surface area contributed by atoms with Gasteiger partial charge in [-0.1, -0.05) is 12.1 Å². The first kappa shape index (κ1) is 19.9. The molecule has 0 spiro atoms. The Bertz CT molecular complexity index is 872. The number of hydrogen-bond acceptors (Lipinski definition) is 3. The van der Waals surface area contributed by atoms with Crippen LogP contribution in [0.3, 0.4) is 0 Å². The molecule has 0 aromatic heterocycles. The van der Waals surface area contributed by atoms with Crippen molar-refractivity contribution in [2.75, 3.05) is 6.61 Å². The van der Waals surface area contributed by atoms with Crippen LogP contribution in [0.5, 0.6) is 5.75 Å². The highest BCUT2D eigenvalue weighted by atomic mass is 16.5. The lowest BCUT2D eigenvalue weighted by Gasteiger charge is -2.60. The average molecular weight is 436 g/mol. The van der Waals surface area contributed by atoms with Crippen LogP contribution in [0.15, 0.2) is 24.3 Å². The van der Waals surface area contributed by atoms with Crippen molar-refractivity contribution >= 4 is 5.91 Å². The van der Waals surface area contributed by atoms with Crippen LogP contribution in [-0.2, 0) is 10.2 Å². The number of carbonyl (C=O) groups is 1. The first-order valence-electron chi connectivity index (χ1n) is 13.2. The van der Waals surface area contributed by atoms with Crippen LogP contribution in [0.25, 0.3) is 0 Å². The number of ether oxygens (including phenoxy) is 1. The molecule has 2 unspecified atom stereocenters. The minimum atomic E-state index is -0.550. The number of hydrogen-bond donors (Lipinski definition) is 2. The standard InChI is InChI=1S/C28H37NO3/c30-25(29-27-12-21-8-22(13-27)15-28(31,14-21)17-27)16-32-24-3-1-23(2-4-24)26-9-18-5-19(10-26)7-20(6-18)11-26/h1-4,18-22,31H,5-17H2,(H,29,30). The largest absolute Gasteiger partial charge is 0.484 e. The van der Waals surface area contributed by atoms with Crippen molar-refractivity contribution in [2.45, 2.75) is 93.6 Å². The predicted octanol–water partition coefficient (Wildman–Crippen LogP) is 4.73. The Hall–Kier alpha value is -1.55. The Labute approximate surface area is 191 Å². The number of aliphatic hydroxyl groups is 1. The van der Waals surface area contributed by atoms with Gasteiger partial charge in [-0.15, -0.1) is 0 Å². The van der Waals surface area contributed by atoms with Crippen molar-refractivity contribution in [3.05, 3.63) is 29.8 Å². The molecule has 32 heavy (non-hydrogen) atoms. The summed E-state index contributed by atoms with van der Waals surface area (Å²) in [5.74, 6) is 4.73. The number of rotatable bonds is 5. The van der Waals surface area contributed by atoms with Crippen LogP contribution in [0, 0.1) is 29.6 Å². The summed E-state index contributed by atoms with van der Waals surface area (Å²) in [6.45, 7) is 0.0617. The van der Waals surface area contributed by atoms with Crippen molar-refractivity contribution in [1.29, 1.82) is 0 Å². The molecule has 0 saturated heterocycles. The quantitative estimate of drug-likeness (QED) is 0.703. The van der Waals surface area contributed by atoms with E-state index in [2.05, 4.69) is 29.6 Å². The molecular weight excluding hydrogens is 398 g/mol. The van der Waals surface area contributed by atoms with E-state index >= 15 is 0 Å². The normalized spacial score (nSPS) is 47.6. The minimum Gasteiger partial charge on any atom is -0.484 e. The number of amides is 1. The van der Waals surface area contributed by atoms with E-state index in [1.165, 1.54) is 50.5 Å². The lowest BCUT2D eigenvalue weighted by atomic mass is 9.48. The van der Waals surface area contributed by atoms with Gasteiger partial charge in [-0.2, -0.15) is 0 Å². The fourth-order valence-corrected chi connectivity index (χ4v) is 10.2. The highest BCUT2D eigenvalue weighted by molar-refractivity contribution is 5.78. The second-order valence-corrected chi connectivity index (χ2v) is 13.0. The van der Waals surface area contributed by atoms with Gasteiger partial charge in [0.15, 0.2) is 6.61 Å². The number of nitrogens with one attached hydrogen (secondary N) is 1. The van der Waals surface area contributed by atoms with Crippen molar-refractivity contribution < 1.29 is 14.6 Å². The molecule has 2 atom stereocenters. The van der Waals surface area contributed by atoms with Crippen molar-refractivity contribution in [3.63, 3.8) is 0 Å². The third-order valence-electron chi connectivity index (χ3n) is 10.3. The summed E-state index contributed by atoms with van der Waals surface area (Å²) in [5, 5.41) is 14.2. The Morgan fingerprint density at radius 1 is 0.844 bits per heavy atom. The number of benzene rings is 1. The van der Waals surface area contributed by atoms with E-state index in [1.807, 2.05) is 0 Å². The summed E-state index contributed by atoms with van der Waals surface area (Å²) in [6, 6.07) is 8.70. The summed E-state index contributed by atoms with van der Waals surface area (Å²) in [6.07, 6.45) is 14.4. The van der Waals surface area contributed by atoms with Crippen LogP contribution < -0.4 is 10.1 Å². The topological polar surface area (TPSA) is 58.6 Å². The average Bonchev–Trinajstić information content (AvgIpc) is 2.69. The third-order valence-corrected chi connectivity index (χ3v) is 10.3. The molecule has 2 N–H and O–H groups in total. The monoisotopic (exact) mass is 435 g/mol. The van der Waals surface area contributed by atoms with Crippen LogP contribution in [0.2, 0.25) is 0 Å². The third kappa shape index (κ3) is 3.23. The van der Waals surface area contributed by atoms with Gasteiger partial charge in [-0.25, -0.2) is 0 Å². The van der Waals surface area contributed by atoms with Gasteiger partial charge < -0.3 is 15.2 Å². The van der Waals surface area contributed by atoms with E-state index in [-0.39, 0.29) is 18.1 Å². The fourth-order valence-electron chi connectivity index (χ4n) is 10.2. The van der Waals surface area contributed by atoms with Crippen LogP contribution in [0.4, 0.5) is 0 Å². The molecule has 0 radical (unpaired) electrons. The van der Waals surface area contributed by atoms with E-state index in [0.717, 1.165) is 55.6 Å². The molecule has 8 aliphatic rings. The van der Waals surface area contributed by atoms with Gasteiger partial charge in [-0.3, -0.25) is 4.79 Å². The molecule has 8 aliphatic carbocycles. The molecule has 4 heteroatoms. The molecule has 0 aliphatic heterocycles. The molecule has 1 aromatic rings. The Kier molecular flexibility index (Phi) is 4.19. The van der Waals surface area contributed by atoms with Crippen molar-refractivity contribution in [3.8, 4) is 5.75 Å². The zero-order chi connectivity index (χ0) is 21.6. The summed E-state index contributed by atoms with van der Waals surface area (Å²) in [4.78, 5) is 12.8. The van der Waals surface area contributed by atoms with Gasteiger partial charge >= 0.3 is 0 Å². The zero-order valence-corrected chi connectivity index (χ0v) is 19.2. The zero-order valence-electron chi connectivity index (χ0n) is 19.2. The highest BCUT2D eigenvalue weighted by Crippen LogP contribution is 2.61. The maximum atomic E-state index is 12.8. The van der Waals surface area contributed by atoms with Gasteiger partial charge in [0.2, 0.25) is 0 Å². The summed E-state index contributed by atoms with van der Waals surface area (Å²) >= 11 is 0. The van der Waals surface area contributed by atoms with Gasteiger partial charge in [0, 0.05) is 5.54 Å². The predicted molar refractivity (Wildman–Crippen MR) is 122 cm³/mol. The maximum Gasteiger partial charge on any atom is 0.258 e. The van der Waals surface area contributed by atoms with Crippen molar-refractivity contribution in [2.24, 2.45) is 29.6 Å². The van der Waals surface area contributed by atoms with Gasteiger partial charge in [-0.05, 0) is 130 Å². The van der Waals surface area contributed by atoms with Crippen LogP contribution >= 0.6 is 0 Å². The van der Waals surface area contributed by atoms with Crippen LogP contribution in [0.1, 0.15) is 82.6 Å². The lowest BCUT2D eigenvalue weighted by Crippen LogP contribution is -2.65. The Morgan fingerprint density at radius 3 is 1.97 bits per heavy atom. The smallest absolute Gasteiger partial charge is 0.258 e. The van der Waals surface area contributed by atoms with Gasteiger partial charge in [0.1, 0.15) is 5.75 Å². The fraction of sp³-hybridized carbons (Fsp3) is 0.750. The molecule has 172 valence electrons. The van der Waals surface area contributed by atoms with E-state index in [4.69, 9.17) is 4.74 Å². The Morgan fingerprint density at radius 2 is 1.41 bits per heavy atom. The molecule has 8 bridgehead atoms. The molecule has 8 saturated carbocycles. The SMILES string of the molecule is O=C(COc1ccc(C23CC4CC(CC(C4)C2)C3)cc1)NC12CC3CC(CC(O)(C3)C1)C2. The minimum absolute atomic E-state index is 0.0410. The van der Waals surface area contributed by atoms with Gasteiger partial charge in [0.05, 0.1) is 5.60 Å². The summed E-state index contributed by atoms with van der Waals surface area (Å²) in [5.41, 5.74) is 1.14. The van der Waals surface area contributed by atoms with Crippen LogP contribution in [-0.4, -0.2) is 28.8 Å². The summed E-state index contributed by atoms with van der Waals surface area (Å²) in [7, 11) is 0. The second kappa shape index (κ2) is 6.74. The van der Waals surface area contributed by atoms with Crippen molar-refractivity contribution in [1.82, 2.24) is 5.32 Å². The van der Waals surface area contributed by atoms with E-state index in [9.17, 15) is 9.90 Å². The molecule has 4 nitrogen and oxygen atoms in total. The number of carbonyl (C=O) groups excluding carboxylic acids is 1. The molecule has 1 amide bonds. The highest BCUT2D eigenvalue weighted by Gasteiger charge is 2.57. The molecule has 0 heterocycles. The first-order valence-corrected chi connectivity index (χ1v) is 13.2. The molecule has 9 rings (SSSR count). The summed E-state index contributed by atoms with van der Waals surface area (Å²) < 4.78 is 5.91. The lowest BCUT2D eigenvalue weighted by molar-refractivity contribution is -0.151. The molecule has 1 aromatic carbocycles. The molecular formula is C28H37NO3. The van der Waals surface area contributed by atoms with E-state index in [1.54, 1.807) is 0 Å². The van der Waals surface area contributed by atoms with E-state index in [0.29, 0.717) is 17.3 Å². The Balaban J connectivity index is 0.989. The second-order valence-electron chi connectivity index (χ2n) is 13.0.